The average molecular weight is 647 g/mol. The van der Waals surface area contributed by atoms with Gasteiger partial charge in [0.1, 0.15) is 35.6 Å². The Morgan fingerprint density at radius 2 is 1.22 bits per heavy atom. The van der Waals surface area contributed by atoms with Crippen LogP contribution >= 0.6 is 15.9 Å². The first-order valence-corrected chi connectivity index (χ1v) is 14.6. The number of carbonyl (C=O) groups is 5. The van der Waals surface area contributed by atoms with Gasteiger partial charge in [-0.25, -0.2) is 0 Å². The highest BCUT2D eigenvalue weighted by atomic mass is 79.9. The number of ether oxygens (including phenoxy) is 8. The molecule has 0 radical (unpaired) electrons. The zero-order chi connectivity index (χ0) is 30.1. The lowest BCUT2D eigenvalue weighted by molar-refractivity contribution is -0.322. The van der Waals surface area contributed by atoms with E-state index in [2.05, 4.69) is 15.9 Å². The monoisotopic (exact) mass is 646 g/mol. The molecule has 11 atom stereocenters. The maximum absolute atomic E-state index is 12.2. The molecule has 228 valence electrons. The van der Waals surface area contributed by atoms with Crippen LogP contribution < -0.4 is 0 Å². The number of esters is 5. The van der Waals surface area contributed by atoms with E-state index in [4.69, 9.17) is 37.9 Å². The summed E-state index contributed by atoms with van der Waals surface area (Å²) in [5.41, 5.74) is -3.08. The topological polar surface area (TPSA) is 159 Å². The number of rotatable bonds is 7. The third-order valence-corrected chi connectivity index (χ3v) is 9.28. The van der Waals surface area contributed by atoms with Crippen molar-refractivity contribution in [1.82, 2.24) is 0 Å². The maximum atomic E-state index is 12.2. The summed E-state index contributed by atoms with van der Waals surface area (Å²) in [4.78, 5) is 60.0. The largest absolute Gasteiger partial charge is 0.459 e. The van der Waals surface area contributed by atoms with Gasteiger partial charge in [0.05, 0.1) is 11.5 Å². The SMILES string of the molecule is CC(=O)OC1CC12OC(OC1CC13O[C@H](Br)[C@H](OC(C)=O)C(C)[C@@H]3OC(C)=O)[C@H](OC(C)=O)C1(CC1)[C@@H]2OC(C)=O. The highest BCUT2D eigenvalue weighted by molar-refractivity contribution is 9.09. The standard InChI is InChI=1S/C27H35BrO13/c1-11-19(35-13(3)30)22(28)40-26(20(11)36-14(4)31)9-17(26)39-23-21(37-15(5)32)25(7-8-25)24(38-16(6)33)27(41-23)10-18(27)34-12(2)29/h11,17-24H,7-10H2,1-6H3/t11?,17?,18?,19-,20+,21+,22+,23?,24+,26?,27?/m1/s1. The fraction of sp³-hybridized carbons (Fsp3) is 0.815. The summed E-state index contributed by atoms with van der Waals surface area (Å²) in [7, 11) is 0. The number of alkyl halides is 1. The summed E-state index contributed by atoms with van der Waals surface area (Å²) >= 11 is 3.45. The van der Waals surface area contributed by atoms with Crippen LogP contribution in [0.5, 0.6) is 0 Å². The molecule has 0 aromatic heterocycles. The summed E-state index contributed by atoms with van der Waals surface area (Å²) in [5, 5.41) is -0.718. The van der Waals surface area contributed by atoms with Crippen LogP contribution in [0, 0.1) is 11.3 Å². The second-order valence-electron chi connectivity index (χ2n) is 11.7. The van der Waals surface area contributed by atoms with E-state index in [1.54, 1.807) is 6.92 Å². The van der Waals surface area contributed by atoms with Crippen molar-refractivity contribution in [3.8, 4) is 0 Å². The van der Waals surface area contributed by atoms with Crippen molar-refractivity contribution >= 4 is 45.8 Å². The quantitative estimate of drug-likeness (QED) is 0.224. The molecule has 0 bridgehead atoms. The Morgan fingerprint density at radius 3 is 1.76 bits per heavy atom. The third kappa shape index (κ3) is 5.36. The molecule has 5 fully saturated rings. The number of halogens is 1. The van der Waals surface area contributed by atoms with E-state index >= 15 is 0 Å². The molecule has 3 spiro atoms. The molecule has 0 aromatic rings. The van der Waals surface area contributed by atoms with Gasteiger partial charge in [-0.3, -0.25) is 24.0 Å². The number of carbonyl (C=O) groups excluding carboxylic acids is 5. The molecule has 3 saturated carbocycles. The summed E-state index contributed by atoms with van der Waals surface area (Å²) in [5.74, 6) is -3.14. The second kappa shape index (κ2) is 10.5. The van der Waals surface area contributed by atoms with Crippen LogP contribution in [0.25, 0.3) is 0 Å². The van der Waals surface area contributed by atoms with Gasteiger partial charge >= 0.3 is 29.8 Å². The summed E-state index contributed by atoms with van der Waals surface area (Å²) in [6.45, 7) is 8.18. The van der Waals surface area contributed by atoms with Crippen molar-refractivity contribution in [1.29, 1.82) is 0 Å². The van der Waals surface area contributed by atoms with Crippen molar-refractivity contribution in [3.63, 3.8) is 0 Å². The predicted molar refractivity (Wildman–Crippen MR) is 137 cm³/mol. The molecule has 0 amide bonds. The van der Waals surface area contributed by atoms with Crippen molar-refractivity contribution in [2.75, 3.05) is 0 Å². The molecule has 5 rings (SSSR count). The third-order valence-electron chi connectivity index (χ3n) is 8.57. The van der Waals surface area contributed by atoms with Gasteiger partial charge in [-0.2, -0.15) is 0 Å². The lowest BCUT2D eigenvalue weighted by Crippen LogP contribution is -2.62. The Balaban J connectivity index is 1.43. The van der Waals surface area contributed by atoms with E-state index in [0.717, 1.165) is 0 Å². The predicted octanol–water partition coefficient (Wildman–Crippen LogP) is 1.84. The summed E-state index contributed by atoms with van der Waals surface area (Å²) < 4.78 is 47.3. The lowest BCUT2D eigenvalue weighted by atomic mass is 9.83. The van der Waals surface area contributed by atoms with Gasteiger partial charge in [0.25, 0.3) is 0 Å². The highest BCUT2D eigenvalue weighted by Crippen LogP contribution is 2.67. The number of hydrogen-bond donors (Lipinski definition) is 0. The Labute approximate surface area is 245 Å². The molecule has 14 heteroatoms. The Kier molecular flexibility index (Phi) is 7.70. The minimum Gasteiger partial charge on any atom is -0.459 e. The van der Waals surface area contributed by atoms with E-state index in [0.29, 0.717) is 19.3 Å². The van der Waals surface area contributed by atoms with Crippen LogP contribution in [0.4, 0.5) is 0 Å². The zero-order valence-electron chi connectivity index (χ0n) is 23.7. The van der Waals surface area contributed by atoms with Crippen molar-refractivity contribution < 1.29 is 61.9 Å². The molecule has 3 aliphatic carbocycles. The van der Waals surface area contributed by atoms with Crippen LogP contribution in [0.2, 0.25) is 0 Å². The molecule has 13 nitrogen and oxygen atoms in total. The van der Waals surface area contributed by atoms with Gasteiger partial charge < -0.3 is 37.9 Å². The molecule has 2 heterocycles. The summed E-state index contributed by atoms with van der Waals surface area (Å²) in [6.07, 6.45) is -4.11. The molecular formula is C27H35BrO13. The van der Waals surface area contributed by atoms with Crippen LogP contribution in [-0.2, 0) is 61.9 Å². The normalized spacial score (nSPS) is 43.1. The summed E-state index contributed by atoms with van der Waals surface area (Å²) in [6, 6.07) is 0. The van der Waals surface area contributed by atoms with Crippen LogP contribution in [0.3, 0.4) is 0 Å². The van der Waals surface area contributed by atoms with Crippen LogP contribution in [0.1, 0.15) is 67.2 Å². The van der Waals surface area contributed by atoms with Crippen molar-refractivity contribution in [3.05, 3.63) is 0 Å². The Bertz CT molecular complexity index is 1140. The fourth-order valence-electron chi connectivity index (χ4n) is 6.66. The van der Waals surface area contributed by atoms with Crippen molar-refractivity contribution in [2.45, 2.75) is 126 Å². The number of hydrogen-bond acceptors (Lipinski definition) is 13. The van der Waals surface area contributed by atoms with Gasteiger partial charge in [0.15, 0.2) is 17.4 Å². The molecule has 0 aromatic carbocycles. The maximum Gasteiger partial charge on any atom is 0.303 e. The van der Waals surface area contributed by atoms with Crippen LogP contribution in [0.15, 0.2) is 0 Å². The smallest absolute Gasteiger partial charge is 0.303 e. The second-order valence-corrected chi connectivity index (χ2v) is 12.6. The first kappa shape index (κ1) is 30.2. The van der Waals surface area contributed by atoms with E-state index in [1.165, 1.54) is 34.6 Å². The van der Waals surface area contributed by atoms with Crippen LogP contribution in [-0.4, -0.2) is 89.0 Å². The van der Waals surface area contributed by atoms with Gasteiger partial charge in [0.2, 0.25) is 0 Å². The molecular weight excluding hydrogens is 612 g/mol. The Morgan fingerprint density at radius 1 is 0.683 bits per heavy atom. The van der Waals surface area contributed by atoms with Gasteiger partial charge in [-0.1, -0.05) is 22.9 Å². The molecule has 2 saturated heterocycles. The molecule has 2 aliphatic heterocycles. The minimum absolute atomic E-state index is 0.270. The Hall–Kier alpha value is -2.29. The highest BCUT2D eigenvalue weighted by Gasteiger charge is 2.81. The van der Waals surface area contributed by atoms with Gasteiger partial charge in [-0.05, 0) is 12.8 Å². The molecule has 41 heavy (non-hydrogen) atoms. The van der Waals surface area contributed by atoms with E-state index in [-0.39, 0.29) is 6.42 Å². The van der Waals surface area contributed by atoms with E-state index in [1.807, 2.05) is 0 Å². The van der Waals surface area contributed by atoms with Gasteiger partial charge in [0, 0.05) is 53.4 Å². The zero-order valence-corrected chi connectivity index (χ0v) is 25.3. The lowest BCUT2D eigenvalue weighted by Gasteiger charge is -2.47. The first-order valence-electron chi connectivity index (χ1n) is 13.7. The van der Waals surface area contributed by atoms with E-state index < -0.39 is 100 Å². The molecule has 0 N–H and O–H groups in total. The van der Waals surface area contributed by atoms with Crippen molar-refractivity contribution in [2.24, 2.45) is 11.3 Å². The van der Waals surface area contributed by atoms with Gasteiger partial charge in [-0.15, -0.1) is 0 Å². The minimum atomic E-state index is -1.18. The molecule has 5 aliphatic rings. The fourth-order valence-corrected chi connectivity index (χ4v) is 7.60. The molecule has 6 unspecified atom stereocenters. The average Bonchev–Trinajstić information content (AvgIpc) is 3.77. The van der Waals surface area contributed by atoms with E-state index in [9.17, 15) is 24.0 Å². The first-order chi connectivity index (χ1) is 19.1.